The molecule has 1 aliphatic heterocycles. The second-order valence-electron chi connectivity index (χ2n) is 4.82. The topological polar surface area (TPSA) is 92.9 Å². The Balaban J connectivity index is 2.68. The quantitative estimate of drug-likeness (QED) is 0.715. The number of nitrogens with zero attached hydrogens (tertiary/aromatic N) is 1. The van der Waals surface area contributed by atoms with Gasteiger partial charge in [0.15, 0.2) is 0 Å². The number of aliphatic carboxylic acids is 1. The van der Waals surface area contributed by atoms with Crippen LogP contribution in [-0.2, 0) is 14.3 Å². The molecule has 0 bridgehead atoms. The van der Waals surface area contributed by atoms with Crippen molar-refractivity contribution in [2.24, 2.45) is 5.73 Å². The summed E-state index contributed by atoms with van der Waals surface area (Å²) in [5.41, 5.74) is 4.23. The Morgan fingerprint density at radius 2 is 2.06 bits per heavy atom. The van der Waals surface area contributed by atoms with E-state index in [4.69, 9.17) is 15.6 Å². The van der Waals surface area contributed by atoms with Crippen molar-refractivity contribution in [3.63, 3.8) is 0 Å². The highest BCUT2D eigenvalue weighted by molar-refractivity contribution is 5.88. The molecule has 0 spiro atoms. The summed E-state index contributed by atoms with van der Waals surface area (Å²) in [6.45, 7) is 3.36. The molecule has 0 aliphatic carbocycles. The molecule has 0 radical (unpaired) electrons. The van der Waals surface area contributed by atoms with Gasteiger partial charge in [0.1, 0.15) is 11.6 Å². The molecule has 1 heterocycles. The predicted octanol–water partition coefficient (Wildman–Crippen LogP) is -0.186. The number of likely N-dealkylation sites (N-methyl/N-ethyl adjacent to an activating group) is 1. The first-order valence-electron chi connectivity index (χ1n) is 5.67. The fourth-order valence-electron chi connectivity index (χ4n) is 1.70. The van der Waals surface area contributed by atoms with Gasteiger partial charge in [-0.05, 0) is 26.7 Å². The molecule has 1 aliphatic rings. The molecule has 1 fully saturated rings. The Kier molecular flexibility index (Phi) is 4.11. The highest BCUT2D eigenvalue weighted by Gasteiger charge is 2.40. The summed E-state index contributed by atoms with van der Waals surface area (Å²) in [6, 6.07) is 0. The summed E-state index contributed by atoms with van der Waals surface area (Å²) in [7, 11) is 1.48. The standard InChI is InChI=1S/C11H20N2O4/c1-11(2,10(15)16)13(3)9(14)8-5-4-7(6-12)17-8/h7-8H,4-6,12H2,1-3H3,(H,15,16). The lowest BCUT2D eigenvalue weighted by atomic mass is 10.0. The highest BCUT2D eigenvalue weighted by Crippen LogP contribution is 2.23. The lowest BCUT2D eigenvalue weighted by Crippen LogP contribution is -2.53. The lowest BCUT2D eigenvalue weighted by Gasteiger charge is -2.33. The van der Waals surface area contributed by atoms with Gasteiger partial charge in [-0.1, -0.05) is 0 Å². The number of carbonyl (C=O) groups is 2. The summed E-state index contributed by atoms with van der Waals surface area (Å²) in [6.07, 6.45) is 0.687. The first kappa shape index (κ1) is 13.9. The molecule has 1 saturated heterocycles. The molecule has 1 rings (SSSR count). The zero-order chi connectivity index (χ0) is 13.2. The Labute approximate surface area is 101 Å². The SMILES string of the molecule is CN(C(=O)C1CCC(CN)O1)C(C)(C)C(=O)O. The van der Waals surface area contributed by atoms with Crippen molar-refractivity contribution >= 4 is 11.9 Å². The van der Waals surface area contributed by atoms with Crippen molar-refractivity contribution in [1.29, 1.82) is 0 Å². The molecule has 0 saturated carbocycles. The van der Waals surface area contributed by atoms with E-state index in [2.05, 4.69) is 0 Å². The van der Waals surface area contributed by atoms with Gasteiger partial charge in [0.2, 0.25) is 0 Å². The Hall–Kier alpha value is -1.14. The van der Waals surface area contributed by atoms with E-state index in [1.165, 1.54) is 25.8 Å². The number of hydrogen-bond donors (Lipinski definition) is 2. The number of carboxylic acids is 1. The molecular weight excluding hydrogens is 224 g/mol. The minimum Gasteiger partial charge on any atom is -0.480 e. The van der Waals surface area contributed by atoms with Crippen LogP contribution in [0, 0.1) is 0 Å². The molecule has 1 amide bonds. The van der Waals surface area contributed by atoms with E-state index in [0.717, 1.165) is 6.42 Å². The van der Waals surface area contributed by atoms with Gasteiger partial charge < -0.3 is 20.5 Å². The molecule has 98 valence electrons. The van der Waals surface area contributed by atoms with Crippen LogP contribution in [0.15, 0.2) is 0 Å². The Morgan fingerprint density at radius 3 is 2.47 bits per heavy atom. The van der Waals surface area contributed by atoms with Crippen LogP contribution in [-0.4, -0.2) is 53.2 Å². The van der Waals surface area contributed by atoms with Gasteiger partial charge in [-0.2, -0.15) is 0 Å². The van der Waals surface area contributed by atoms with E-state index >= 15 is 0 Å². The van der Waals surface area contributed by atoms with Gasteiger partial charge in [0.05, 0.1) is 6.10 Å². The van der Waals surface area contributed by atoms with Gasteiger partial charge in [-0.3, -0.25) is 4.79 Å². The van der Waals surface area contributed by atoms with Gasteiger partial charge in [0.25, 0.3) is 5.91 Å². The van der Waals surface area contributed by atoms with Crippen molar-refractivity contribution in [2.45, 2.75) is 44.4 Å². The van der Waals surface area contributed by atoms with Gasteiger partial charge in [0, 0.05) is 13.6 Å². The number of carboxylic acid groups (broad SMARTS) is 1. The summed E-state index contributed by atoms with van der Waals surface area (Å²) < 4.78 is 5.46. The van der Waals surface area contributed by atoms with E-state index in [1.807, 2.05) is 0 Å². The second-order valence-corrected chi connectivity index (χ2v) is 4.82. The average Bonchev–Trinajstić information content (AvgIpc) is 2.75. The van der Waals surface area contributed by atoms with Crippen molar-refractivity contribution in [1.82, 2.24) is 4.90 Å². The fourth-order valence-corrected chi connectivity index (χ4v) is 1.70. The average molecular weight is 244 g/mol. The van der Waals surface area contributed by atoms with Crippen LogP contribution in [0.4, 0.5) is 0 Å². The molecule has 0 aromatic carbocycles. The maximum atomic E-state index is 12.1. The molecule has 2 atom stereocenters. The first-order chi connectivity index (χ1) is 7.80. The van der Waals surface area contributed by atoms with Crippen LogP contribution >= 0.6 is 0 Å². The smallest absolute Gasteiger partial charge is 0.329 e. The largest absolute Gasteiger partial charge is 0.480 e. The Morgan fingerprint density at radius 1 is 1.47 bits per heavy atom. The van der Waals surface area contributed by atoms with E-state index < -0.39 is 17.6 Å². The maximum Gasteiger partial charge on any atom is 0.329 e. The van der Waals surface area contributed by atoms with Gasteiger partial charge in [-0.15, -0.1) is 0 Å². The van der Waals surface area contributed by atoms with Crippen LogP contribution in [0.3, 0.4) is 0 Å². The normalized spacial score (nSPS) is 24.7. The van der Waals surface area contributed by atoms with Gasteiger partial charge >= 0.3 is 5.97 Å². The van der Waals surface area contributed by atoms with Crippen LogP contribution in [0.25, 0.3) is 0 Å². The number of carbonyl (C=O) groups excluding carboxylic acids is 1. The molecule has 0 aromatic rings. The minimum atomic E-state index is -1.23. The molecule has 6 nitrogen and oxygen atoms in total. The van der Waals surface area contributed by atoms with Crippen molar-refractivity contribution in [3.8, 4) is 0 Å². The first-order valence-corrected chi connectivity index (χ1v) is 5.67. The summed E-state index contributed by atoms with van der Waals surface area (Å²) in [5.74, 6) is -1.34. The second kappa shape index (κ2) is 5.01. The zero-order valence-corrected chi connectivity index (χ0v) is 10.5. The third-order valence-electron chi connectivity index (χ3n) is 3.34. The van der Waals surface area contributed by atoms with Crippen LogP contribution in [0.1, 0.15) is 26.7 Å². The Bertz CT molecular complexity index is 317. The van der Waals surface area contributed by atoms with Crippen LogP contribution < -0.4 is 5.73 Å². The third-order valence-corrected chi connectivity index (χ3v) is 3.34. The molecule has 2 unspecified atom stereocenters. The molecular formula is C11H20N2O4. The maximum absolute atomic E-state index is 12.1. The molecule has 3 N–H and O–H groups in total. The fraction of sp³-hybridized carbons (Fsp3) is 0.818. The lowest BCUT2D eigenvalue weighted by molar-refractivity contribution is -0.160. The van der Waals surface area contributed by atoms with Crippen molar-refractivity contribution in [2.75, 3.05) is 13.6 Å². The van der Waals surface area contributed by atoms with E-state index in [1.54, 1.807) is 0 Å². The van der Waals surface area contributed by atoms with Crippen molar-refractivity contribution < 1.29 is 19.4 Å². The van der Waals surface area contributed by atoms with E-state index in [9.17, 15) is 9.59 Å². The summed E-state index contributed by atoms with van der Waals surface area (Å²) >= 11 is 0. The monoisotopic (exact) mass is 244 g/mol. The summed E-state index contributed by atoms with van der Waals surface area (Å²) in [5, 5.41) is 9.05. The molecule has 17 heavy (non-hydrogen) atoms. The van der Waals surface area contributed by atoms with Crippen molar-refractivity contribution in [3.05, 3.63) is 0 Å². The number of ether oxygens (including phenoxy) is 1. The van der Waals surface area contributed by atoms with Crippen LogP contribution in [0.5, 0.6) is 0 Å². The number of amides is 1. The zero-order valence-electron chi connectivity index (χ0n) is 10.5. The third kappa shape index (κ3) is 2.76. The summed E-state index contributed by atoms with van der Waals surface area (Å²) in [4.78, 5) is 24.3. The molecule has 0 aromatic heterocycles. The predicted molar refractivity (Wildman–Crippen MR) is 61.4 cm³/mol. The minimum absolute atomic E-state index is 0.0923. The number of rotatable bonds is 4. The number of nitrogens with two attached hydrogens (primary N) is 1. The van der Waals surface area contributed by atoms with E-state index in [-0.39, 0.29) is 12.0 Å². The molecule has 6 heteroatoms. The van der Waals surface area contributed by atoms with Crippen LogP contribution in [0.2, 0.25) is 0 Å². The number of hydrogen-bond acceptors (Lipinski definition) is 4. The highest BCUT2D eigenvalue weighted by atomic mass is 16.5. The van der Waals surface area contributed by atoms with Gasteiger partial charge in [-0.25, -0.2) is 4.79 Å². The van der Waals surface area contributed by atoms with E-state index in [0.29, 0.717) is 13.0 Å².